The van der Waals surface area contributed by atoms with Crippen molar-refractivity contribution in [1.82, 2.24) is 24.7 Å². The van der Waals surface area contributed by atoms with E-state index in [1.807, 2.05) is 0 Å². The normalized spacial score (nSPS) is 14.6. The van der Waals surface area contributed by atoms with Crippen LogP contribution in [-0.2, 0) is 16.8 Å². The first-order valence-electron chi connectivity index (χ1n) is 11.7. The van der Waals surface area contributed by atoms with Crippen LogP contribution < -0.4 is 10.6 Å². The first-order valence-corrected chi connectivity index (χ1v) is 11.7. The Bertz CT molecular complexity index is 1550. The Morgan fingerprint density at radius 1 is 1.13 bits per heavy atom. The lowest BCUT2D eigenvalue weighted by Crippen LogP contribution is -2.28. The molecule has 1 aromatic carbocycles. The summed E-state index contributed by atoms with van der Waals surface area (Å²) in [6, 6.07) is 7.30. The highest BCUT2D eigenvalue weighted by atomic mass is 19.4. The van der Waals surface area contributed by atoms with Crippen molar-refractivity contribution < 1.29 is 26.7 Å². The Balaban J connectivity index is 1.60. The van der Waals surface area contributed by atoms with Crippen molar-refractivity contribution in [3.63, 3.8) is 0 Å². The quantitative estimate of drug-likeness (QED) is 0.251. The molecule has 0 fully saturated rings. The lowest BCUT2D eigenvalue weighted by Gasteiger charge is -2.19. The molecule has 3 aromatic heterocycles. The largest absolute Gasteiger partial charge is 0.389 e. The number of fused-ring (bicyclic) bond motifs is 2. The third-order valence-electron chi connectivity index (χ3n) is 6.31. The average Bonchev–Trinajstić information content (AvgIpc) is 3.30. The van der Waals surface area contributed by atoms with Gasteiger partial charge in [0.05, 0.1) is 29.1 Å². The van der Waals surface area contributed by atoms with Crippen molar-refractivity contribution in [2.45, 2.75) is 44.8 Å². The maximum absolute atomic E-state index is 14.3. The number of carbonyl (C=O) groups is 1. The summed E-state index contributed by atoms with van der Waals surface area (Å²) in [7, 11) is 0. The molecule has 1 aliphatic rings. The molecule has 4 heterocycles. The van der Waals surface area contributed by atoms with Gasteiger partial charge in [0, 0.05) is 18.5 Å². The number of rotatable bonds is 7. The molecule has 0 aliphatic carbocycles. The molecule has 0 saturated carbocycles. The number of halogens is 5. The average molecular weight is 531 g/mol. The van der Waals surface area contributed by atoms with E-state index in [2.05, 4.69) is 30.7 Å². The molecule has 1 amide bonds. The van der Waals surface area contributed by atoms with Crippen LogP contribution in [0.1, 0.15) is 37.8 Å². The summed E-state index contributed by atoms with van der Waals surface area (Å²) in [6.45, 7) is 3.22. The van der Waals surface area contributed by atoms with Crippen molar-refractivity contribution >= 4 is 28.6 Å². The van der Waals surface area contributed by atoms with Gasteiger partial charge >= 0.3 is 6.18 Å². The molecule has 8 nitrogen and oxygen atoms in total. The van der Waals surface area contributed by atoms with E-state index in [4.69, 9.17) is 0 Å². The summed E-state index contributed by atoms with van der Waals surface area (Å²) < 4.78 is 67.9. The van der Waals surface area contributed by atoms with E-state index in [9.17, 15) is 26.7 Å². The predicted molar refractivity (Wildman–Crippen MR) is 129 cm³/mol. The van der Waals surface area contributed by atoms with Crippen LogP contribution in [0.5, 0.6) is 0 Å². The zero-order valence-corrected chi connectivity index (χ0v) is 20.3. The number of hydrogen-bond acceptors (Lipinski definition) is 6. The Hall–Kier alpha value is -4.16. The molecule has 0 spiro atoms. The molecule has 0 unspecified atom stereocenters. The van der Waals surface area contributed by atoms with Gasteiger partial charge in [0.2, 0.25) is 5.91 Å². The molecule has 0 bridgehead atoms. The molecule has 4 aromatic rings. The number of amides is 1. The van der Waals surface area contributed by atoms with Crippen LogP contribution >= 0.6 is 0 Å². The molecule has 0 radical (unpaired) electrons. The third-order valence-corrected chi connectivity index (χ3v) is 6.31. The van der Waals surface area contributed by atoms with E-state index in [1.54, 1.807) is 32.0 Å². The second-order valence-corrected chi connectivity index (χ2v) is 9.47. The molecule has 0 atom stereocenters. The first-order chi connectivity index (χ1) is 17.9. The number of benzene rings is 1. The smallest absolute Gasteiger partial charge is 0.370 e. The van der Waals surface area contributed by atoms with Gasteiger partial charge in [-0.05, 0) is 32.4 Å². The molecule has 38 heavy (non-hydrogen) atoms. The lowest BCUT2D eigenvalue weighted by atomic mass is 9.87. The van der Waals surface area contributed by atoms with Crippen LogP contribution in [0.15, 0.2) is 36.5 Å². The Morgan fingerprint density at radius 2 is 1.89 bits per heavy atom. The van der Waals surface area contributed by atoms with Gasteiger partial charge in [-0.2, -0.15) is 18.3 Å². The number of carbonyl (C=O) groups excluding carboxylic acids is 1. The van der Waals surface area contributed by atoms with Crippen molar-refractivity contribution in [2.75, 3.05) is 17.2 Å². The Morgan fingerprint density at radius 3 is 2.63 bits per heavy atom. The highest BCUT2D eigenvalue weighted by Gasteiger charge is 2.43. The topological polar surface area (TPSA) is 97.6 Å². The molecule has 1 aliphatic heterocycles. The zero-order chi connectivity index (χ0) is 27.2. The SMILES string of the molecule is CC1(C)C(=O)Nc2nc(-c3nn(Cc4ccccc4F)c4ncc(F)cc34)nc(NCCCC(F)(F)F)c21. The highest BCUT2D eigenvalue weighted by molar-refractivity contribution is 6.06. The Labute approximate surface area is 213 Å². The van der Waals surface area contributed by atoms with Gasteiger partial charge in [0.15, 0.2) is 11.5 Å². The number of nitrogens with one attached hydrogen (secondary N) is 2. The molecular formula is C25H22F5N7O. The van der Waals surface area contributed by atoms with E-state index in [-0.39, 0.29) is 59.6 Å². The maximum atomic E-state index is 14.3. The van der Waals surface area contributed by atoms with Gasteiger partial charge in [-0.15, -0.1) is 0 Å². The molecule has 0 saturated heterocycles. The van der Waals surface area contributed by atoms with Crippen LogP contribution in [0.4, 0.5) is 33.6 Å². The maximum Gasteiger partial charge on any atom is 0.389 e. The van der Waals surface area contributed by atoms with Crippen LogP contribution in [0.2, 0.25) is 0 Å². The first kappa shape index (κ1) is 25.5. The molecule has 13 heteroatoms. The summed E-state index contributed by atoms with van der Waals surface area (Å²) in [5.74, 6) is -1.14. The van der Waals surface area contributed by atoms with Crippen molar-refractivity contribution in [1.29, 1.82) is 0 Å². The van der Waals surface area contributed by atoms with Crippen molar-refractivity contribution in [3.8, 4) is 11.5 Å². The summed E-state index contributed by atoms with van der Waals surface area (Å²) in [4.78, 5) is 25.7. The molecule has 2 N–H and O–H groups in total. The van der Waals surface area contributed by atoms with Crippen LogP contribution in [0.25, 0.3) is 22.6 Å². The predicted octanol–water partition coefficient (Wildman–Crippen LogP) is 5.20. The number of anilines is 2. The summed E-state index contributed by atoms with van der Waals surface area (Å²) in [6.07, 6.45) is -4.50. The molecular weight excluding hydrogens is 509 g/mol. The minimum absolute atomic E-state index is 0.00949. The second kappa shape index (κ2) is 9.30. The Kier molecular flexibility index (Phi) is 6.24. The van der Waals surface area contributed by atoms with Gasteiger partial charge in [0.25, 0.3) is 0 Å². The van der Waals surface area contributed by atoms with Gasteiger partial charge < -0.3 is 10.6 Å². The van der Waals surface area contributed by atoms with Crippen LogP contribution in [0.3, 0.4) is 0 Å². The minimum Gasteiger partial charge on any atom is -0.370 e. The van der Waals surface area contributed by atoms with E-state index in [0.717, 1.165) is 6.20 Å². The fourth-order valence-electron chi connectivity index (χ4n) is 4.35. The van der Waals surface area contributed by atoms with Gasteiger partial charge in [-0.25, -0.2) is 28.4 Å². The van der Waals surface area contributed by atoms with E-state index in [0.29, 0.717) is 11.1 Å². The number of hydrogen-bond donors (Lipinski definition) is 2. The number of nitrogens with zero attached hydrogens (tertiary/aromatic N) is 5. The van der Waals surface area contributed by atoms with E-state index >= 15 is 0 Å². The van der Waals surface area contributed by atoms with E-state index < -0.39 is 29.6 Å². The third kappa shape index (κ3) is 4.75. The molecule has 198 valence electrons. The lowest BCUT2D eigenvalue weighted by molar-refractivity contribution is -0.134. The molecule has 5 rings (SSSR count). The zero-order valence-electron chi connectivity index (χ0n) is 20.3. The van der Waals surface area contributed by atoms with Crippen molar-refractivity contribution in [2.24, 2.45) is 0 Å². The van der Waals surface area contributed by atoms with Gasteiger partial charge in [-0.1, -0.05) is 18.2 Å². The van der Waals surface area contributed by atoms with E-state index in [1.165, 1.54) is 16.8 Å². The standard InChI is InChI=1S/C25H22F5N7O/c1-24(2)17-19(31-9-5-8-25(28,29)30)33-21(34-20(17)35-23(24)38)18-15-10-14(26)11-32-22(15)37(36-18)12-13-6-3-4-7-16(13)27/h3-4,6-7,10-11H,5,8-9,12H2,1-2H3,(H2,31,33,34,35,38). The summed E-state index contributed by atoms with van der Waals surface area (Å²) >= 11 is 0. The second-order valence-electron chi connectivity index (χ2n) is 9.47. The van der Waals surface area contributed by atoms with Gasteiger partial charge in [0.1, 0.15) is 29.0 Å². The number of pyridine rings is 1. The summed E-state index contributed by atoms with van der Waals surface area (Å²) in [5.41, 5.74) is 0.0320. The number of alkyl halides is 3. The van der Waals surface area contributed by atoms with Crippen LogP contribution in [-0.4, -0.2) is 43.4 Å². The number of aromatic nitrogens is 5. The fourth-order valence-corrected chi connectivity index (χ4v) is 4.35. The monoisotopic (exact) mass is 531 g/mol. The van der Waals surface area contributed by atoms with Crippen LogP contribution in [0, 0.1) is 11.6 Å². The van der Waals surface area contributed by atoms with Gasteiger partial charge in [-0.3, -0.25) is 4.79 Å². The summed E-state index contributed by atoms with van der Waals surface area (Å²) in [5, 5.41) is 10.3. The van der Waals surface area contributed by atoms with Crippen molar-refractivity contribution in [3.05, 3.63) is 59.3 Å². The minimum atomic E-state index is -4.31. The highest BCUT2D eigenvalue weighted by Crippen LogP contribution is 2.42. The fraction of sp³-hybridized carbons (Fsp3) is 0.320.